The monoisotopic (exact) mass is 245 g/mol. The van der Waals surface area contributed by atoms with Crippen molar-refractivity contribution in [1.82, 2.24) is 19.9 Å². The Morgan fingerprint density at radius 2 is 2.11 bits per heavy atom. The predicted molar refractivity (Wildman–Crippen MR) is 62.6 cm³/mol. The minimum Gasteiger partial charge on any atom is -0.437 e. The molecule has 0 aliphatic rings. The Morgan fingerprint density at radius 1 is 1.22 bits per heavy atom. The lowest BCUT2D eigenvalue weighted by Gasteiger charge is -2.05. The summed E-state index contributed by atoms with van der Waals surface area (Å²) in [6.45, 7) is 0. The molecule has 2 aromatic heterocycles. The fourth-order valence-electron chi connectivity index (χ4n) is 1.50. The van der Waals surface area contributed by atoms with Crippen LogP contribution in [0.3, 0.4) is 0 Å². The first-order valence-corrected chi connectivity index (χ1v) is 5.11. The maximum atomic E-state index is 13.3. The summed E-state index contributed by atoms with van der Waals surface area (Å²) in [6.07, 6.45) is 2.81. The summed E-state index contributed by atoms with van der Waals surface area (Å²) < 4.78 is 18.7. The number of fused-ring (bicyclic) bond motifs is 1. The molecule has 18 heavy (non-hydrogen) atoms. The maximum Gasteiger partial charge on any atom is 0.248 e. The van der Waals surface area contributed by atoms with E-state index in [-0.39, 0.29) is 11.6 Å². The second-order valence-electron chi connectivity index (χ2n) is 3.57. The molecule has 90 valence electrons. The number of hydrogen-bond acceptors (Lipinski definition) is 5. The predicted octanol–water partition coefficient (Wildman–Crippen LogP) is 1.87. The molecule has 0 saturated carbocycles. The number of nitrogens with two attached hydrogens (primary N) is 1. The summed E-state index contributed by atoms with van der Waals surface area (Å²) in [5.74, 6) is 0.0420. The molecule has 3 N–H and O–H groups in total. The molecule has 0 spiro atoms. The van der Waals surface area contributed by atoms with E-state index in [2.05, 4.69) is 19.9 Å². The number of ether oxygens (including phenoxy) is 1. The van der Waals surface area contributed by atoms with E-state index in [9.17, 15) is 4.39 Å². The molecule has 0 amide bonds. The molecule has 0 fully saturated rings. The number of anilines is 1. The molecule has 0 atom stereocenters. The number of hydrogen-bond donors (Lipinski definition) is 2. The lowest BCUT2D eigenvalue weighted by molar-refractivity contribution is 0.462. The van der Waals surface area contributed by atoms with Gasteiger partial charge in [0.1, 0.15) is 23.4 Å². The molecule has 0 unspecified atom stereocenters. The van der Waals surface area contributed by atoms with Crippen LogP contribution in [-0.4, -0.2) is 19.9 Å². The van der Waals surface area contributed by atoms with Crippen molar-refractivity contribution in [2.24, 2.45) is 0 Å². The van der Waals surface area contributed by atoms with E-state index in [0.29, 0.717) is 16.9 Å². The Hall–Kier alpha value is -2.70. The van der Waals surface area contributed by atoms with Crippen molar-refractivity contribution < 1.29 is 9.13 Å². The molecule has 3 rings (SSSR count). The standard InChI is InChI=1S/C11H8FN5O/c12-7-3-6(1-2-8(7)13)18-11-9-10(15-4-14-9)16-5-17-11/h1-5H,13H2,(H,14,15,16,17). The van der Waals surface area contributed by atoms with Crippen molar-refractivity contribution >= 4 is 16.9 Å². The average molecular weight is 245 g/mol. The number of imidazole rings is 1. The van der Waals surface area contributed by atoms with Crippen LogP contribution in [0.15, 0.2) is 30.9 Å². The lowest BCUT2D eigenvalue weighted by Crippen LogP contribution is -1.94. The van der Waals surface area contributed by atoms with Crippen molar-refractivity contribution in [2.75, 3.05) is 5.73 Å². The molecule has 0 aliphatic carbocycles. The summed E-state index contributed by atoms with van der Waals surface area (Å²) in [6, 6.07) is 4.18. The minimum atomic E-state index is -0.539. The zero-order valence-corrected chi connectivity index (χ0v) is 9.09. The van der Waals surface area contributed by atoms with Crippen LogP contribution >= 0.6 is 0 Å². The lowest BCUT2D eigenvalue weighted by atomic mass is 10.3. The Labute approximate surface area is 101 Å². The summed E-state index contributed by atoms with van der Waals surface area (Å²) >= 11 is 0. The van der Waals surface area contributed by atoms with Gasteiger partial charge in [0.05, 0.1) is 12.0 Å². The van der Waals surface area contributed by atoms with E-state index in [0.717, 1.165) is 0 Å². The van der Waals surface area contributed by atoms with Crippen molar-refractivity contribution in [3.8, 4) is 11.6 Å². The van der Waals surface area contributed by atoms with Crippen LogP contribution in [0.2, 0.25) is 0 Å². The van der Waals surface area contributed by atoms with Gasteiger partial charge in [0.15, 0.2) is 5.65 Å². The number of halogens is 1. The minimum absolute atomic E-state index is 0.0664. The number of rotatable bonds is 2. The number of nitrogens with one attached hydrogen (secondary N) is 1. The first-order chi connectivity index (χ1) is 8.74. The number of nitrogen functional groups attached to an aromatic ring is 1. The Kier molecular flexibility index (Phi) is 2.30. The van der Waals surface area contributed by atoms with Gasteiger partial charge in [-0.2, -0.15) is 4.98 Å². The largest absolute Gasteiger partial charge is 0.437 e. The SMILES string of the molecule is Nc1ccc(Oc2ncnc3nc[nH]c23)cc1F. The smallest absolute Gasteiger partial charge is 0.248 e. The fraction of sp³-hybridized carbons (Fsp3) is 0. The molecule has 0 saturated heterocycles. The van der Waals surface area contributed by atoms with Crippen LogP contribution in [0.4, 0.5) is 10.1 Å². The quantitative estimate of drug-likeness (QED) is 0.672. The molecule has 2 heterocycles. The van der Waals surface area contributed by atoms with E-state index in [1.165, 1.54) is 24.8 Å². The highest BCUT2D eigenvalue weighted by Gasteiger charge is 2.09. The fourth-order valence-corrected chi connectivity index (χ4v) is 1.50. The Bertz CT molecular complexity index is 711. The molecule has 3 aromatic rings. The molecule has 1 aromatic carbocycles. The molecule has 7 heteroatoms. The van der Waals surface area contributed by atoms with Gasteiger partial charge in [0, 0.05) is 6.07 Å². The highest BCUT2D eigenvalue weighted by molar-refractivity contribution is 5.75. The highest BCUT2D eigenvalue weighted by Crippen LogP contribution is 2.26. The van der Waals surface area contributed by atoms with E-state index in [1.807, 2.05) is 0 Å². The molecule has 6 nitrogen and oxygen atoms in total. The molecule has 0 aliphatic heterocycles. The maximum absolute atomic E-state index is 13.3. The molecular weight excluding hydrogens is 237 g/mol. The van der Waals surface area contributed by atoms with Gasteiger partial charge >= 0.3 is 0 Å². The number of aromatic nitrogens is 4. The van der Waals surface area contributed by atoms with Crippen LogP contribution in [0.1, 0.15) is 0 Å². The summed E-state index contributed by atoms with van der Waals surface area (Å²) in [4.78, 5) is 14.7. The van der Waals surface area contributed by atoms with Gasteiger partial charge in [-0.15, -0.1) is 0 Å². The van der Waals surface area contributed by atoms with E-state index < -0.39 is 5.82 Å². The van der Waals surface area contributed by atoms with E-state index in [4.69, 9.17) is 10.5 Å². The van der Waals surface area contributed by atoms with Crippen LogP contribution < -0.4 is 10.5 Å². The normalized spacial score (nSPS) is 10.7. The van der Waals surface area contributed by atoms with Gasteiger partial charge in [0.2, 0.25) is 5.88 Å². The number of benzene rings is 1. The number of aromatic amines is 1. The first kappa shape index (κ1) is 10.5. The zero-order valence-electron chi connectivity index (χ0n) is 9.09. The zero-order chi connectivity index (χ0) is 12.5. The Balaban J connectivity index is 2.01. The van der Waals surface area contributed by atoms with E-state index in [1.54, 1.807) is 6.07 Å². The van der Waals surface area contributed by atoms with Crippen LogP contribution in [0.5, 0.6) is 11.6 Å². The summed E-state index contributed by atoms with van der Waals surface area (Å²) in [5, 5.41) is 0. The molecular formula is C11H8FN5O. The van der Waals surface area contributed by atoms with Gasteiger partial charge in [-0.3, -0.25) is 0 Å². The average Bonchev–Trinajstić information content (AvgIpc) is 2.83. The van der Waals surface area contributed by atoms with Crippen LogP contribution in [-0.2, 0) is 0 Å². The highest BCUT2D eigenvalue weighted by atomic mass is 19.1. The van der Waals surface area contributed by atoms with Gasteiger partial charge in [-0.05, 0) is 12.1 Å². The van der Waals surface area contributed by atoms with Crippen molar-refractivity contribution in [3.05, 3.63) is 36.7 Å². The second-order valence-corrected chi connectivity index (χ2v) is 3.57. The van der Waals surface area contributed by atoms with Gasteiger partial charge < -0.3 is 15.5 Å². The molecule has 0 radical (unpaired) electrons. The summed E-state index contributed by atoms with van der Waals surface area (Å²) in [5.41, 5.74) is 6.48. The second kappa shape index (κ2) is 3.95. The van der Waals surface area contributed by atoms with Gasteiger partial charge in [-0.1, -0.05) is 0 Å². The summed E-state index contributed by atoms with van der Waals surface area (Å²) in [7, 11) is 0. The third kappa shape index (κ3) is 1.71. The number of nitrogens with zero attached hydrogens (tertiary/aromatic N) is 3. The third-order valence-electron chi connectivity index (χ3n) is 2.37. The third-order valence-corrected chi connectivity index (χ3v) is 2.37. The van der Waals surface area contributed by atoms with Crippen molar-refractivity contribution in [1.29, 1.82) is 0 Å². The Morgan fingerprint density at radius 3 is 2.94 bits per heavy atom. The van der Waals surface area contributed by atoms with Crippen molar-refractivity contribution in [2.45, 2.75) is 0 Å². The van der Waals surface area contributed by atoms with E-state index >= 15 is 0 Å². The first-order valence-electron chi connectivity index (χ1n) is 5.11. The molecule has 0 bridgehead atoms. The van der Waals surface area contributed by atoms with Crippen LogP contribution in [0, 0.1) is 5.82 Å². The van der Waals surface area contributed by atoms with Crippen LogP contribution in [0.25, 0.3) is 11.2 Å². The number of H-pyrrole nitrogens is 1. The van der Waals surface area contributed by atoms with Gasteiger partial charge in [-0.25, -0.2) is 14.4 Å². The topological polar surface area (TPSA) is 89.7 Å². The van der Waals surface area contributed by atoms with Gasteiger partial charge in [0.25, 0.3) is 0 Å². The van der Waals surface area contributed by atoms with Crippen molar-refractivity contribution in [3.63, 3.8) is 0 Å².